The fourth-order valence-electron chi connectivity index (χ4n) is 5.74. The Labute approximate surface area is 225 Å². The second-order valence-electron chi connectivity index (χ2n) is 9.67. The first kappa shape index (κ1) is 21.7. The van der Waals surface area contributed by atoms with Crippen molar-refractivity contribution in [3.63, 3.8) is 0 Å². The van der Waals surface area contributed by atoms with E-state index in [1.165, 1.54) is 21.8 Å². The highest BCUT2D eigenvalue weighted by Gasteiger charge is 2.20. The molecule has 0 bridgehead atoms. The summed E-state index contributed by atoms with van der Waals surface area (Å²) in [6.45, 7) is 0. The van der Waals surface area contributed by atoms with Crippen LogP contribution in [0, 0.1) is 0 Å². The zero-order valence-electron chi connectivity index (χ0n) is 21.0. The lowest BCUT2D eigenvalue weighted by Crippen LogP contribution is -2.11. The topological polar surface area (TPSA) is 34.2 Å². The average molecular weight is 502 g/mol. The number of fused-ring (bicyclic) bond motifs is 6. The second-order valence-corrected chi connectivity index (χ2v) is 9.67. The van der Waals surface area contributed by atoms with Crippen LogP contribution in [0.4, 0.5) is 17.1 Å². The first-order valence-corrected chi connectivity index (χ1v) is 13.1. The molecule has 0 aliphatic rings. The number of pyridine rings is 1. The first-order valence-electron chi connectivity index (χ1n) is 13.1. The highest BCUT2D eigenvalue weighted by atomic mass is 16.3. The van der Waals surface area contributed by atoms with Crippen molar-refractivity contribution >= 4 is 60.9 Å². The molecular weight excluding hydrogens is 478 g/mol. The zero-order valence-corrected chi connectivity index (χ0v) is 21.0. The molecule has 8 rings (SSSR count). The Balaban J connectivity index is 1.39. The molecule has 0 atom stereocenters. The number of aromatic nitrogens is 2. The predicted molar refractivity (Wildman–Crippen MR) is 161 cm³/mol. The first-order chi connectivity index (χ1) is 19.4. The minimum atomic E-state index is 0.768. The smallest absolute Gasteiger partial charge is 0.177 e. The normalized spacial score (nSPS) is 11.6. The summed E-state index contributed by atoms with van der Waals surface area (Å²) in [5, 5.41) is 3.51. The number of hydrogen-bond acceptors (Lipinski definition) is 3. The van der Waals surface area contributed by atoms with E-state index in [0.29, 0.717) is 0 Å². The fourth-order valence-corrected chi connectivity index (χ4v) is 5.74. The van der Waals surface area contributed by atoms with Crippen LogP contribution in [0.5, 0.6) is 0 Å². The van der Waals surface area contributed by atoms with Crippen molar-refractivity contribution in [1.82, 2.24) is 9.55 Å². The molecule has 0 radical (unpaired) electrons. The molecule has 184 valence electrons. The van der Waals surface area contributed by atoms with Gasteiger partial charge in [0.15, 0.2) is 5.58 Å². The van der Waals surface area contributed by atoms with Gasteiger partial charge in [-0.3, -0.25) is 4.98 Å². The Bertz CT molecular complexity index is 2090. The highest BCUT2D eigenvalue weighted by molar-refractivity contribution is 6.10. The van der Waals surface area contributed by atoms with Crippen molar-refractivity contribution in [2.45, 2.75) is 0 Å². The number of anilines is 3. The molecular formula is C35H23N3O. The second kappa shape index (κ2) is 8.61. The van der Waals surface area contributed by atoms with Crippen LogP contribution in [-0.4, -0.2) is 9.55 Å². The van der Waals surface area contributed by atoms with Crippen LogP contribution in [0.25, 0.3) is 49.6 Å². The van der Waals surface area contributed by atoms with Gasteiger partial charge in [-0.05, 0) is 60.7 Å². The lowest BCUT2D eigenvalue weighted by molar-refractivity contribution is 0.668. The number of benzene rings is 5. The molecule has 3 heterocycles. The van der Waals surface area contributed by atoms with Crippen molar-refractivity contribution in [3.05, 3.63) is 140 Å². The number of para-hydroxylation sites is 4. The van der Waals surface area contributed by atoms with Crippen LogP contribution >= 0.6 is 0 Å². The van der Waals surface area contributed by atoms with Crippen molar-refractivity contribution in [2.75, 3.05) is 4.90 Å². The molecule has 0 N–H and O–H groups in total. The third-order valence-electron chi connectivity index (χ3n) is 7.42. The molecule has 4 nitrogen and oxygen atoms in total. The summed E-state index contributed by atoms with van der Waals surface area (Å²) in [6, 6.07) is 46.4. The number of hydrogen-bond donors (Lipinski definition) is 0. The van der Waals surface area contributed by atoms with Gasteiger partial charge in [-0.2, -0.15) is 0 Å². The maximum absolute atomic E-state index is 6.42. The van der Waals surface area contributed by atoms with Gasteiger partial charge in [0.1, 0.15) is 11.1 Å². The lowest BCUT2D eigenvalue weighted by Gasteiger charge is -2.26. The maximum atomic E-state index is 6.42. The summed E-state index contributed by atoms with van der Waals surface area (Å²) in [4.78, 5) is 6.96. The molecule has 0 spiro atoms. The van der Waals surface area contributed by atoms with Gasteiger partial charge in [-0.25, -0.2) is 0 Å². The molecule has 0 aliphatic carbocycles. The SMILES string of the molecule is c1ccc(N(c2cccc(-n3c4ccccc4c4ccccc43)c2)c2ccnc3c2oc2ccccc23)cc1. The predicted octanol–water partition coefficient (Wildman–Crippen LogP) is 9.55. The van der Waals surface area contributed by atoms with Gasteiger partial charge in [-0.15, -0.1) is 0 Å². The molecule has 0 saturated heterocycles. The van der Waals surface area contributed by atoms with Gasteiger partial charge in [0.25, 0.3) is 0 Å². The lowest BCUT2D eigenvalue weighted by atomic mass is 10.1. The van der Waals surface area contributed by atoms with Gasteiger partial charge in [-0.1, -0.05) is 72.8 Å². The van der Waals surface area contributed by atoms with E-state index in [1.54, 1.807) is 0 Å². The monoisotopic (exact) mass is 501 g/mol. The molecule has 0 saturated carbocycles. The molecule has 0 fully saturated rings. The molecule has 5 aromatic carbocycles. The van der Waals surface area contributed by atoms with Crippen molar-refractivity contribution < 1.29 is 4.42 Å². The molecule has 39 heavy (non-hydrogen) atoms. The Morgan fingerprint density at radius 2 is 1.21 bits per heavy atom. The van der Waals surface area contributed by atoms with Crippen LogP contribution in [0.15, 0.2) is 144 Å². The summed E-state index contributed by atoms with van der Waals surface area (Å²) in [5.74, 6) is 0. The van der Waals surface area contributed by atoms with Crippen LogP contribution in [0.3, 0.4) is 0 Å². The van der Waals surface area contributed by atoms with Crippen LogP contribution in [0.1, 0.15) is 0 Å². The summed E-state index contributed by atoms with van der Waals surface area (Å²) in [6.07, 6.45) is 1.87. The largest absolute Gasteiger partial charge is 0.452 e. The summed E-state index contributed by atoms with van der Waals surface area (Å²) in [7, 11) is 0. The minimum Gasteiger partial charge on any atom is -0.452 e. The number of nitrogens with zero attached hydrogens (tertiary/aromatic N) is 3. The van der Waals surface area contributed by atoms with Gasteiger partial charge in [0, 0.05) is 39.4 Å². The van der Waals surface area contributed by atoms with Crippen LogP contribution in [-0.2, 0) is 0 Å². The van der Waals surface area contributed by atoms with Crippen molar-refractivity contribution in [1.29, 1.82) is 0 Å². The van der Waals surface area contributed by atoms with Crippen LogP contribution < -0.4 is 4.90 Å². The van der Waals surface area contributed by atoms with Crippen molar-refractivity contribution in [2.24, 2.45) is 0 Å². The van der Waals surface area contributed by atoms with E-state index in [-0.39, 0.29) is 0 Å². The van der Waals surface area contributed by atoms with E-state index in [2.05, 4.69) is 113 Å². The maximum Gasteiger partial charge on any atom is 0.177 e. The summed E-state index contributed by atoms with van der Waals surface area (Å²) >= 11 is 0. The van der Waals surface area contributed by atoms with Crippen LogP contribution in [0.2, 0.25) is 0 Å². The van der Waals surface area contributed by atoms with E-state index in [4.69, 9.17) is 9.40 Å². The van der Waals surface area contributed by atoms with E-state index < -0.39 is 0 Å². The van der Waals surface area contributed by atoms with E-state index >= 15 is 0 Å². The highest BCUT2D eigenvalue weighted by Crippen LogP contribution is 2.42. The van der Waals surface area contributed by atoms with Gasteiger partial charge in [0.2, 0.25) is 0 Å². The van der Waals surface area contributed by atoms with E-state index in [0.717, 1.165) is 44.8 Å². The summed E-state index contributed by atoms with van der Waals surface area (Å²) in [5.41, 5.74) is 8.96. The molecule has 3 aromatic heterocycles. The summed E-state index contributed by atoms with van der Waals surface area (Å²) < 4.78 is 8.76. The quantitative estimate of drug-likeness (QED) is 0.241. The Hall–Kier alpha value is -5.35. The third kappa shape index (κ3) is 3.35. The standard InChI is InChI=1S/C35H23N3O/c1-2-11-24(12-3-1)37(32-21-22-36-34-29-17-6-9-20-33(29)39-35(32)34)25-13-10-14-26(23-25)38-30-18-7-4-15-27(30)28-16-5-8-19-31(28)38/h1-23H. The minimum absolute atomic E-state index is 0.768. The van der Waals surface area contributed by atoms with Crippen molar-refractivity contribution in [3.8, 4) is 5.69 Å². The van der Waals surface area contributed by atoms with Gasteiger partial charge < -0.3 is 13.9 Å². The number of rotatable bonds is 4. The Morgan fingerprint density at radius 1 is 0.564 bits per heavy atom. The molecule has 0 unspecified atom stereocenters. The molecule has 0 aliphatic heterocycles. The molecule has 4 heteroatoms. The Kier molecular flexibility index (Phi) is 4.79. The van der Waals surface area contributed by atoms with E-state index in [1.807, 2.05) is 36.5 Å². The number of furan rings is 1. The Morgan fingerprint density at radius 3 is 1.97 bits per heavy atom. The third-order valence-corrected chi connectivity index (χ3v) is 7.42. The molecule has 8 aromatic rings. The van der Waals surface area contributed by atoms with Gasteiger partial charge in [0.05, 0.1) is 16.7 Å². The van der Waals surface area contributed by atoms with E-state index in [9.17, 15) is 0 Å². The zero-order chi connectivity index (χ0) is 25.8. The average Bonchev–Trinajstić information content (AvgIpc) is 3.55. The fraction of sp³-hybridized carbons (Fsp3) is 0. The molecule has 0 amide bonds. The van der Waals surface area contributed by atoms with Gasteiger partial charge >= 0.3 is 0 Å².